The molecule has 28 valence electrons. The fourth-order valence-electron chi connectivity index (χ4n) is 0. The third-order valence-electron chi connectivity index (χ3n) is 0. The van der Waals surface area contributed by atoms with E-state index in [1.54, 1.807) is 0 Å². The molecule has 0 saturated carbocycles. The van der Waals surface area contributed by atoms with Crippen LogP contribution in [-0.2, 0) is 4.29 Å². The number of hydrogen-bond acceptors (Lipinski definition) is 2. The van der Waals surface area contributed by atoms with Crippen molar-refractivity contribution in [1.29, 1.82) is 0 Å². The van der Waals surface area contributed by atoms with Crippen molar-refractivity contribution in [2.24, 2.45) is 0 Å². The molecule has 0 rings (SSSR count). The van der Waals surface area contributed by atoms with Crippen molar-refractivity contribution in [1.82, 2.24) is 6.15 Å². The Morgan fingerprint density at radius 2 is 2.00 bits per heavy atom. The smallest absolute Gasteiger partial charge is 0.344 e. The van der Waals surface area contributed by atoms with Gasteiger partial charge >= 0.3 is 1.43 Å². The maximum atomic E-state index is 4.50. The van der Waals surface area contributed by atoms with Crippen molar-refractivity contribution in [3.8, 4) is 0 Å². The molecule has 0 amide bonds. The van der Waals surface area contributed by atoms with Crippen molar-refractivity contribution < 1.29 is 5.72 Å². The summed E-state index contributed by atoms with van der Waals surface area (Å²) in [5.74, 6) is 0. The lowest BCUT2D eigenvalue weighted by molar-refractivity contribution is 0.463. The van der Waals surface area contributed by atoms with Gasteiger partial charge in [0.25, 0.3) is 0 Å². The van der Waals surface area contributed by atoms with Crippen molar-refractivity contribution >= 4 is 11.9 Å². The highest BCUT2D eigenvalue weighted by Crippen LogP contribution is 1.59. The molecule has 0 unspecified atom stereocenters. The van der Waals surface area contributed by atoms with E-state index in [4.69, 9.17) is 0 Å². The Labute approximate surface area is 31.9 Å². The molecule has 4 heavy (non-hydrogen) atoms. The van der Waals surface area contributed by atoms with E-state index < -0.39 is 0 Å². The summed E-state index contributed by atoms with van der Waals surface area (Å²) in [5, 5.41) is 0. The third-order valence-corrected chi connectivity index (χ3v) is 0. The Bertz CT molecular complexity index is 11.6. The molecule has 0 aromatic heterocycles. The molecule has 0 bridgehead atoms. The summed E-state index contributed by atoms with van der Waals surface area (Å²) >= 11 is 4.50. The summed E-state index contributed by atoms with van der Waals surface area (Å²) in [4.78, 5) is 0. The Balaban J connectivity index is -0.0000000200. The average molecular weight is 84.5 g/mol. The molecule has 0 spiro atoms. The van der Waals surface area contributed by atoms with Crippen LogP contribution in [0.1, 0.15) is 1.43 Å². The summed E-state index contributed by atoms with van der Waals surface area (Å²) in [7, 11) is 1.39. The van der Waals surface area contributed by atoms with Gasteiger partial charge in [0.05, 0.1) is 19.0 Å². The second-order valence-corrected chi connectivity index (χ2v) is 0.463. The SMILES string of the molecule is COCl.N.[H+]. The van der Waals surface area contributed by atoms with E-state index in [9.17, 15) is 0 Å². The van der Waals surface area contributed by atoms with E-state index >= 15 is 0 Å². The molecule has 0 aliphatic carbocycles. The van der Waals surface area contributed by atoms with Crippen molar-refractivity contribution in [3.63, 3.8) is 0 Å². The summed E-state index contributed by atoms with van der Waals surface area (Å²) in [6.45, 7) is 0. The fourth-order valence-corrected chi connectivity index (χ4v) is 0. The second-order valence-electron chi connectivity index (χ2n) is 0.154. The molecule has 0 fully saturated rings. The van der Waals surface area contributed by atoms with Gasteiger partial charge in [-0.15, -0.1) is 0 Å². The van der Waals surface area contributed by atoms with Crippen LogP contribution >= 0.6 is 11.9 Å². The lowest BCUT2D eigenvalue weighted by Gasteiger charge is -1.54. The van der Waals surface area contributed by atoms with Gasteiger partial charge < -0.3 is 6.15 Å². The fraction of sp³-hybridized carbons (Fsp3) is 1.00. The number of halogens is 1. The first-order valence-corrected chi connectivity index (χ1v) is 0.871. The maximum Gasteiger partial charge on any atom is 1.00 e. The lowest BCUT2D eigenvalue weighted by Crippen LogP contribution is -1.39. The Hall–Kier alpha value is 0.210. The van der Waals surface area contributed by atoms with E-state index in [1.807, 2.05) is 0 Å². The molecule has 3 heteroatoms. The molecule has 0 aromatic rings. The monoisotopic (exact) mass is 84.0 g/mol. The highest BCUT2D eigenvalue weighted by Gasteiger charge is 1.31. The quantitative estimate of drug-likeness (QED) is 0.477. The van der Waals surface area contributed by atoms with Crippen LogP contribution in [0.2, 0.25) is 0 Å². The summed E-state index contributed by atoms with van der Waals surface area (Å²) in [6.07, 6.45) is 0. The maximum absolute atomic E-state index is 4.50. The van der Waals surface area contributed by atoms with E-state index in [1.165, 1.54) is 7.11 Å². The van der Waals surface area contributed by atoms with E-state index in [-0.39, 0.29) is 7.58 Å². The largest absolute Gasteiger partial charge is 1.00 e. The predicted octanol–water partition coefficient (Wildman–Crippen LogP) is 1.06. The lowest BCUT2D eigenvalue weighted by atomic mass is 11.8. The van der Waals surface area contributed by atoms with Crippen LogP contribution in [0, 0.1) is 0 Å². The summed E-state index contributed by atoms with van der Waals surface area (Å²) in [5.41, 5.74) is 0. The summed E-state index contributed by atoms with van der Waals surface area (Å²) < 4.78 is 3.72. The van der Waals surface area contributed by atoms with Crippen LogP contribution in [0.5, 0.6) is 0 Å². The van der Waals surface area contributed by atoms with Gasteiger partial charge in [-0.1, -0.05) is 0 Å². The molecule has 0 radical (unpaired) electrons. The first-order chi connectivity index (χ1) is 1.41. The standard InChI is InChI=1S/CH3ClO.H3N/c1-3-2;/h1H3;1H3/p+1. The predicted molar refractivity (Wildman–Crippen MR) is 19.0 cm³/mol. The highest BCUT2D eigenvalue weighted by molar-refractivity contribution is 6.07. The van der Waals surface area contributed by atoms with Crippen molar-refractivity contribution in [3.05, 3.63) is 0 Å². The minimum absolute atomic E-state index is 0. The number of rotatable bonds is 0. The van der Waals surface area contributed by atoms with Gasteiger partial charge in [0, 0.05) is 0 Å². The normalized spacial score (nSPS) is 4.50. The van der Waals surface area contributed by atoms with Gasteiger partial charge in [0.2, 0.25) is 0 Å². The molecular weight excluding hydrogens is 77.5 g/mol. The van der Waals surface area contributed by atoms with E-state index in [2.05, 4.69) is 16.2 Å². The molecule has 2 nitrogen and oxygen atoms in total. The highest BCUT2D eigenvalue weighted by atomic mass is 35.5. The Morgan fingerprint density at radius 1 is 2.00 bits per heavy atom. The molecule has 3 N–H and O–H groups in total. The molecule has 0 atom stereocenters. The molecule has 0 saturated heterocycles. The second kappa shape index (κ2) is 10.7. The molecule has 0 aliphatic heterocycles. The van der Waals surface area contributed by atoms with E-state index in [0.717, 1.165) is 0 Å². The molecule has 0 aliphatic rings. The van der Waals surface area contributed by atoms with Gasteiger partial charge in [-0.3, -0.25) is 4.29 Å². The molecular formula is CH7ClNO+. The average Bonchev–Trinajstić information content (AvgIpc) is 0.918. The van der Waals surface area contributed by atoms with Gasteiger partial charge in [-0.25, -0.2) is 0 Å². The van der Waals surface area contributed by atoms with Crippen LogP contribution in [0.15, 0.2) is 0 Å². The zero-order chi connectivity index (χ0) is 2.71. The van der Waals surface area contributed by atoms with Gasteiger partial charge in [-0.2, -0.15) is 0 Å². The summed E-state index contributed by atoms with van der Waals surface area (Å²) in [6, 6.07) is 0. The van der Waals surface area contributed by atoms with Crippen molar-refractivity contribution in [2.75, 3.05) is 7.11 Å². The van der Waals surface area contributed by atoms with Crippen LogP contribution in [-0.4, -0.2) is 7.11 Å². The number of hydrogen-bond donors (Lipinski definition) is 1. The van der Waals surface area contributed by atoms with Crippen LogP contribution in [0.25, 0.3) is 0 Å². The van der Waals surface area contributed by atoms with Crippen LogP contribution < -0.4 is 6.15 Å². The van der Waals surface area contributed by atoms with E-state index in [0.29, 0.717) is 0 Å². The zero-order valence-electron chi connectivity index (χ0n) is 3.49. The third kappa shape index (κ3) is 73.4. The van der Waals surface area contributed by atoms with Crippen molar-refractivity contribution in [2.45, 2.75) is 0 Å². The molecule has 0 aromatic carbocycles. The minimum Gasteiger partial charge on any atom is -0.344 e. The zero-order valence-corrected chi connectivity index (χ0v) is 3.25. The minimum atomic E-state index is 0. The van der Waals surface area contributed by atoms with Gasteiger partial charge in [0.15, 0.2) is 0 Å². The first kappa shape index (κ1) is 8.88. The topological polar surface area (TPSA) is 44.2 Å². The Morgan fingerprint density at radius 3 is 2.00 bits per heavy atom. The van der Waals surface area contributed by atoms with Crippen LogP contribution in [0.3, 0.4) is 0 Å². The first-order valence-electron chi connectivity index (χ1n) is 0.563. The van der Waals surface area contributed by atoms with Crippen LogP contribution in [0.4, 0.5) is 0 Å². The van der Waals surface area contributed by atoms with Gasteiger partial charge in [0.1, 0.15) is 0 Å². The molecule has 0 heterocycles. The van der Waals surface area contributed by atoms with Gasteiger partial charge in [-0.05, 0) is 0 Å². The Kier molecular flexibility index (Phi) is 23.8.